The number of rotatable bonds is 7. The second-order valence-electron chi connectivity index (χ2n) is 6.28. The first-order valence-electron chi connectivity index (χ1n) is 8.60. The van der Waals surface area contributed by atoms with E-state index in [-0.39, 0.29) is 5.91 Å². The van der Waals surface area contributed by atoms with Crippen molar-refractivity contribution in [2.75, 3.05) is 39.3 Å². The normalized spacial score (nSPS) is 16.9. The fourth-order valence-corrected chi connectivity index (χ4v) is 4.42. The van der Waals surface area contributed by atoms with E-state index in [9.17, 15) is 13.2 Å². The Kier molecular flexibility index (Phi) is 6.77. The largest absolute Gasteiger partial charge is 0.351 e. The van der Waals surface area contributed by atoms with Gasteiger partial charge in [-0.15, -0.1) is 0 Å². The first-order chi connectivity index (χ1) is 11.4. The van der Waals surface area contributed by atoms with E-state index < -0.39 is 10.0 Å². The van der Waals surface area contributed by atoms with Crippen molar-refractivity contribution in [3.05, 3.63) is 29.8 Å². The molecule has 1 aliphatic rings. The van der Waals surface area contributed by atoms with Gasteiger partial charge in [0.15, 0.2) is 0 Å². The number of piperazine rings is 1. The van der Waals surface area contributed by atoms with E-state index in [1.807, 2.05) is 12.1 Å². The second kappa shape index (κ2) is 8.60. The van der Waals surface area contributed by atoms with Gasteiger partial charge in [-0.2, -0.15) is 4.31 Å². The minimum Gasteiger partial charge on any atom is -0.351 e. The summed E-state index contributed by atoms with van der Waals surface area (Å²) in [6, 6.07) is 7.25. The van der Waals surface area contributed by atoms with Crippen molar-refractivity contribution < 1.29 is 18.1 Å². The highest BCUT2D eigenvalue weighted by atomic mass is 32.2. The Bertz CT molecular complexity index is 636. The molecule has 1 saturated heterocycles. The summed E-state index contributed by atoms with van der Waals surface area (Å²) in [4.78, 5) is 12.6. The molecule has 1 fully saturated rings. The van der Waals surface area contributed by atoms with Gasteiger partial charge in [-0.05, 0) is 24.1 Å². The average molecular weight is 354 g/mol. The molecule has 0 saturated carbocycles. The maximum absolute atomic E-state index is 12.7. The zero-order valence-corrected chi connectivity index (χ0v) is 15.4. The molecule has 1 aromatic carbocycles. The summed E-state index contributed by atoms with van der Waals surface area (Å²) in [5.74, 6) is -0.0258. The van der Waals surface area contributed by atoms with Crippen LogP contribution < -0.4 is 10.2 Å². The zero-order chi connectivity index (χ0) is 17.6. The molecule has 1 aliphatic heterocycles. The summed E-state index contributed by atoms with van der Waals surface area (Å²) in [7, 11) is -3.40. The number of nitrogens with zero attached hydrogens (tertiary/aromatic N) is 1. The second-order valence-corrected chi connectivity index (χ2v) is 8.22. The van der Waals surface area contributed by atoms with Crippen LogP contribution in [0.4, 0.5) is 0 Å². The molecule has 24 heavy (non-hydrogen) atoms. The molecule has 7 heteroatoms. The lowest BCUT2D eigenvalue weighted by molar-refractivity contribution is -0.902. The molecule has 1 aromatic rings. The quantitative estimate of drug-likeness (QED) is 0.704. The van der Waals surface area contributed by atoms with Crippen LogP contribution >= 0.6 is 0 Å². The van der Waals surface area contributed by atoms with Gasteiger partial charge in [-0.3, -0.25) is 4.79 Å². The number of hydrogen-bond donors (Lipinski definition) is 2. The molecular weight excluding hydrogens is 326 g/mol. The van der Waals surface area contributed by atoms with Gasteiger partial charge in [0.2, 0.25) is 15.9 Å². The predicted octanol–water partition coefficient (Wildman–Crippen LogP) is -0.336. The Morgan fingerprint density at radius 2 is 1.83 bits per heavy atom. The molecule has 0 aromatic heterocycles. The van der Waals surface area contributed by atoms with E-state index in [0.717, 1.165) is 32.5 Å². The SMILES string of the molecule is CCCc1ccc(S(=O)(=O)N2CC[NH+](CCNC(C)=O)CC2)cc1. The summed E-state index contributed by atoms with van der Waals surface area (Å²) < 4.78 is 27.0. The molecule has 0 aliphatic carbocycles. The van der Waals surface area contributed by atoms with Crippen molar-refractivity contribution in [2.24, 2.45) is 0 Å². The zero-order valence-electron chi connectivity index (χ0n) is 14.5. The number of carbonyl (C=O) groups excluding carboxylic acids is 1. The summed E-state index contributed by atoms with van der Waals surface area (Å²) in [6.45, 7) is 7.67. The first kappa shape index (κ1) is 18.9. The summed E-state index contributed by atoms with van der Waals surface area (Å²) >= 11 is 0. The molecule has 6 nitrogen and oxygen atoms in total. The van der Waals surface area contributed by atoms with Crippen molar-refractivity contribution in [1.29, 1.82) is 0 Å². The highest BCUT2D eigenvalue weighted by Crippen LogP contribution is 2.17. The Balaban J connectivity index is 1.91. The fourth-order valence-electron chi connectivity index (χ4n) is 2.97. The van der Waals surface area contributed by atoms with E-state index >= 15 is 0 Å². The van der Waals surface area contributed by atoms with E-state index in [1.165, 1.54) is 17.4 Å². The monoisotopic (exact) mass is 354 g/mol. The maximum Gasteiger partial charge on any atom is 0.243 e. The van der Waals surface area contributed by atoms with E-state index in [0.29, 0.717) is 24.5 Å². The predicted molar refractivity (Wildman–Crippen MR) is 93.4 cm³/mol. The summed E-state index contributed by atoms with van der Waals surface area (Å²) in [5.41, 5.74) is 1.17. The standard InChI is InChI=1S/C17H27N3O3S/c1-3-4-16-5-7-17(8-6-16)24(22,23)20-13-11-19(12-14-20)10-9-18-15(2)21/h5-8H,3-4,9-14H2,1-2H3,(H,18,21)/p+1. The van der Waals surface area contributed by atoms with E-state index in [1.54, 1.807) is 16.4 Å². The van der Waals surface area contributed by atoms with Crippen LogP contribution in [0.25, 0.3) is 0 Å². The maximum atomic E-state index is 12.7. The fraction of sp³-hybridized carbons (Fsp3) is 0.588. The lowest BCUT2D eigenvalue weighted by Crippen LogP contribution is -3.15. The van der Waals surface area contributed by atoms with Crippen LogP contribution in [0.3, 0.4) is 0 Å². The number of amides is 1. The van der Waals surface area contributed by atoms with Crippen molar-refractivity contribution in [2.45, 2.75) is 31.6 Å². The molecule has 0 bridgehead atoms. The number of sulfonamides is 1. The summed E-state index contributed by atoms with van der Waals surface area (Å²) in [5, 5.41) is 2.78. The van der Waals surface area contributed by atoms with Crippen LogP contribution in [-0.4, -0.2) is 57.9 Å². The molecule has 1 amide bonds. The van der Waals surface area contributed by atoms with Crippen molar-refractivity contribution >= 4 is 15.9 Å². The van der Waals surface area contributed by atoms with Gasteiger partial charge in [-0.25, -0.2) is 8.42 Å². The molecule has 0 spiro atoms. The molecule has 0 radical (unpaired) electrons. The third-order valence-electron chi connectivity index (χ3n) is 4.38. The smallest absolute Gasteiger partial charge is 0.243 e. The molecule has 2 N–H and O–H groups in total. The van der Waals surface area contributed by atoms with Crippen LogP contribution in [0, 0.1) is 0 Å². The van der Waals surface area contributed by atoms with Crippen LogP contribution in [0.2, 0.25) is 0 Å². The topological polar surface area (TPSA) is 70.9 Å². The number of quaternary nitrogens is 1. The van der Waals surface area contributed by atoms with Gasteiger partial charge in [0, 0.05) is 6.92 Å². The highest BCUT2D eigenvalue weighted by Gasteiger charge is 2.30. The third-order valence-corrected chi connectivity index (χ3v) is 6.29. The summed E-state index contributed by atoms with van der Waals surface area (Å²) in [6.07, 6.45) is 2.02. The van der Waals surface area contributed by atoms with Gasteiger partial charge >= 0.3 is 0 Å². The lowest BCUT2D eigenvalue weighted by atomic mass is 10.1. The van der Waals surface area contributed by atoms with Gasteiger partial charge in [0.1, 0.15) is 0 Å². The van der Waals surface area contributed by atoms with Gasteiger partial charge in [0.25, 0.3) is 0 Å². The molecule has 2 rings (SSSR count). The highest BCUT2D eigenvalue weighted by molar-refractivity contribution is 7.89. The molecular formula is C17H28N3O3S+. The van der Waals surface area contributed by atoms with Gasteiger partial charge in [0.05, 0.1) is 44.2 Å². The number of benzene rings is 1. The van der Waals surface area contributed by atoms with Crippen molar-refractivity contribution in [1.82, 2.24) is 9.62 Å². The number of nitrogens with one attached hydrogen (secondary N) is 2. The van der Waals surface area contributed by atoms with Gasteiger partial charge in [-0.1, -0.05) is 25.5 Å². The van der Waals surface area contributed by atoms with Crippen LogP contribution in [0.1, 0.15) is 25.8 Å². The average Bonchev–Trinajstić information content (AvgIpc) is 2.56. The van der Waals surface area contributed by atoms with Gasteiger partial charge < -0.3 is 10.2 Å². The Hall–Kier alpha value is -1.44. The molecule has 134 valence electrons. The number of carbonyl (C=O) groups is 1. The van der Waals surface area contributed by atoms with Crippen LogP contribution in [0.15, 0.2) is 29.2 Å². The van der Waals surface area contributed by atoms with Crippen molar-refractivity contribution in [3.8, 4) is 0 Å². The lowest BCUT2D eigenvalue weighted by Gasteiger charge is -2.31. The molecule has 0 unspecified atom stereocenters. The van der Waals surface area contributed by atoms with Crippen molar-refractivity contribution in [3.63, 3.8) is 0 Å². The van der Waals surface area contributed by atoms with E-state index in [4.69, 9.17) is 0 Å². The first-order valence-corrected chi connectivity index (χ1v) is 10.0. The Morgan fingerprint density at radius 1 is 1.21 bits per heavy atom. The third kappa shape index (κ3) is 5.03. The minimum atomic E-state index is -3.40. The number of hydrogen-bond acceptors (Lipinski definition) is 3. The Labute approximate surface area is 144 Å². The minimum absolute atomic E-state index is 0.0258. The molecule has 1 heterocycles. The van der Waals surface area contributed by atoms with Crippen LogP contribution in [-0.2, 0) is 21.2 Å². The van der Waals surface area contributed by atoms with E-state index in [2.05, 4.69) is 12.2 Å². The Morgan fingerprint density at radius 3 is 2.38 bits per heavy atom. The number of aryl methyl sites for hydroxylation is 1. The molecule has 0 atom stereocenters. The van der Waals surface area contributed by atoms with Crippen LogP contribution in [0.5, 0.6) is 0 Å².